The van der Waals surface area contributed by atoms with Crippen molar-refractivity contribution in [1.29, 1.82) is 0 Å². The number of nitrogens with zero attached hydrogens (tertiary/aromatic N) is 1. The summed E-state index contributed by atoms with van der Waals surface area (Å²) >= 11 is 0. The second-order valence-electron chi connectivity index (χ2n) is 13.0. The van der Waals surface area contributed by atoms with Gasteiger partial charge in [0.05, 0.1) is 0 Å². The molecule has 10 rings (SSSR count). The topological polar surface area (TPSA) is 16.4 Å². The standard InChI is InChI=1S/C48H31NO/c1-3-9-32(10-4-1)34-15-17-38-29-41(22-19-36(38)27-34)49(42-23-20-37-28-35(16-18-39(37)30-42)33-11-5-2-6-12-33)43-24-25-44-40(31-43)21-26-47-48(44)45-13-7-8-14-46(45)50-47/h1-31H. The highest BCUT2D eigenvalue weighted by Crippen LogP contribution is 2.41. The van der Waals surface area contributed by atoms with Gasteiger partial charge in [-0.1, -0.05) is 127 Å². The zero-order chi connectivity index (χ0) is 33.0. The summed E-state index contributed by atoms with van der Waals surface area (Å²) in [7, 11) is 0. The van der Waals surface area contributed by atoms with E-state index in [0.717, 1.165) is 39.0 Å². The molecule has 0 aliphatic rings. The highest BCUT2D eigenvalue weighted by molar-refractivity contribution is 6.19. The summed E-state index contributed by atoms with van der Waals surface area (Å²) in [5.74, 6) is 0. The lowest BCUT2D eigenvalue weighted by Crippen LogP contribution is -2.10. The molecule has 10 aromatic rings. The Bertz CT molecular complexity index is 2750. The molecule has 0 atom stereocenters. The van der Waals surface area contributed by atoms with E-state index < -0.39 is 0 Å². The van der Waals surface area contributed by atoms with E-state index in [1.807, 2.05) is 12.1 Å². The van der Waals surface area contributed by atoms with E-state index >= 15 is 0 Å². The van der Waals surface area contributed by atoms with Gasteiger partial charge in [-0.2, -0.15) is 0 Å². The number of furan rings is 1. The van der Waals surface area contributed by atoms with E-state index in [-0.39, 0.29) is 0 Å². The van der Waals surface area contributed by atoms with Crippen molar-refractivity contribution >= 4 is 71.3 Å². The number of para-hydroxylation sites is 1. The monoisotopic (exact) mass is 637 g/mol. The van der Waals surface area contributed by atoms with Gasteiger partial charge >= 0.3 is 0 Å². The number of anilines is 3. The predicted molar refractivity (Wildman–Crippen MR) is 212 cm³/mol. The summed E-state index contributed by atoms with van der Waals surface area (Å²) in [6.45, 7) is 0. The third kappa shape index (κ3) is 4.81. The van der Waals surface area contributed by atoms with Crippen LogP contribution >= 0.6 is 0 Å². The van der Waals surface area contributed by atoms with Crippen molar-refractivity contribution in [2.45, 2.75) is 0 Å². The third-order valence-corrected chi connectivity index (χ3v) is 9.98. The number of fused-ring (bicyclic) bond motifs is 7. The van der Waals surface area contributed by atoms with E-state index in [4.69, 9.17) is 4.42 Å². The smallest absolute Gasteiger partial charge is 0.136 e. The molecular formula is C48H31NO. The van der Waals surface area contributed by atoms with Crippen molar-refractivity contribution in [1.82, 2.24) is 0 Å². The fraction of sp³-hybridized carbons (Fsp3) is 0. The molecule has 50 heavy (non-hydrogen) atoms. The second kappa shape index (κ2) is 11.5. The molecule has 0 spiro atoms. The maximum atomic E-state index is 6.22. The summed E-state index contributed by atoms with van der Waals surface area (Å²) < 4.78 is 6.22. The SMILES string of the molecule is c1ccc(-c2ccc3cc(N(c4ccc5cc(-c6ccccc6)ccc5c4)c4ccc5c(ccc6oc7ccccc7c65)c4)ccc3c2)cc1. The highest BCUT2D eigenvalue weighted by Gasteiger charge is 2.17. The molecule has 0 aliphatic heterocycles. The molecule has 0 fully saturated rings. The Morgan fingerprint density at radius 1 is 0.300 bits per heavy atom. The van der Waals surface area contributed by atoms with Crippen LogP contribution in [0, 0.1) is 0 Å². The molecule has 2 nitrogen and oxygen atoms in total. The van der Waals surface area contributed by atoms with Gasteiger partial charge in [-0.15, -0.1) is 0 Å². The largest absolute Gasteiger partial charge is 0.456 e. The molecule has 1 heterocycles. The van der Waals surface area contributed by atoms with Crippen LogP contribution < -0.4 is 4.90 Å². The molecule has 0 radical (unpaired) electrons. The molecule has 0 N–H and O–H groups in total. The minimum absolute atomic E-state index is 0.914. The molecule has 234 valence electrons. The van der Waals surface area contributed by atoms with E-state index in [1.54, 1.807) is 0 Å². The van der Waals surface area contributed by atoms with Gasteiger partial charge in [0.15, 0.2) is 0 Å². The van der Waals surface area contributed by atoms with Crippen LogP contribution in [0.1, 0.15) is 0 Å². The van der Waals surface area contributed by atoms with Crippen LogP contribution in [0.5, 0.6) is 0 Å². The van der Waals surface area contributed by atoms with Crippen LogP contribution in [-0.2, 0) is 0 Å². The Kier molecular flexibility index (Phi) is 6.53. The van der Waals surface area contributed by atoms with Crippen LogP contribution in [0.25, 0.3) is 76.5 Å². The molecule has 0 bridgehead atoms. The van der Waals surface area contributed by atoms with Gasteiger partial charge in [-0.05, 0) is 115 Å². The molecule has 0 amide bonds. The Hall–Kier alpha value is -6.64. The average Bonchev–Trinajstić information content (AvgIpc) is 3.57. The molecular weight excluding hydrogens is 607 g/mol. The summed E-state index contributed by atoms with van der Waals surface area (Å²) in [5, 5.41) is 9.51. The minimum atomic E-state index is 0.914. The van der Waals surface area contributed by atoms with Gasteiger partial charge in [0.25, 0.3) is 0 Å². The van der Waals surface area contributed by atoms with Crippen LogP contribution in [0.3, 0.4) is 0 Å². The van der Waals surface area contributed by atoms with E-state index in [0.29, 0.717) is 0 Å². The van der Waals surface area contributed by atoms with Crippen LogP contribution in [0.15, 0.2) is 192 Å². The molecule has 0 unspecified atom stereocenters. The van der Waals surface area contributed by atoms with E-state index in [2.05, 4.69) is 181 Å². The lowest BCUT2D eigenvalue weighted by atomic mass is 9.99. The Balaban J connectivity index is 1.13. The van der Waals surface area contributed by atoms with Crippen LogP contribution in [0.4, 0.5) is 17.1 Å². The first-order valence-corrected chi connectivity index (χ1v) is 17.1. The number of benzene rings is 9. The molecule has 2 heteroatoms. The third-order valence-electron chi connectivity index (χ3n) is 9.98. The number of hydrogen-bond acceptors (Lipinski definition) is 2. The van der Waals surface area contributed by atoms with Gasteiger partial charge in [0.2, 0.25) is 0 Å². The molecule has 0 aliphatic carbocycles. The van der Waals surface area contributed by atoms with Crippen LogP contribution in [0.2, 0.25) is 0 Å². The summed E-state index contributed by atoms with van der Waals surface area (Å²) in [6.07, 6.45) is 0. The Morgan fingerprint density at radius 3 is 1.40 bits per heavy atom. The molecule has 1 aromatic heterocycles. The van der Waals surface area contributed by atoms with Gasteiger partial charge < -0.3 is 9.32 Å². The Labute approximate surface area is 290 Å². The zero-order valence-electron chi connectivity index (χ0n) is 27.3. The second-order valence-corrected chi connectivity index (χ2v) is 13.0. The van der Waals surface area contributed by atoms with E-state index in [9.17, 15) is 0 Å². The fourth-order valence-corrected chi connectivity index (χ4v) is 7.49. The molecule has 9 aromatic carbocycles. The quantitative estimate of drug-likeness (QED) is 0.187. The maximum Gasteiger partial charge on any atom is 0.136 e. The van der Waals surface area contributed by atoms with Crippen LogP contribution in [-0.4, -0.2) is 0 Å². The lowest BCUT2D eigenvalue weighted by molar-refractivity contribution is 0.669. The first-order valence-electron chi connectivity index (χ1n) is 17.1. The first kappa shape index (κ1) is 28.4. The van der Waals surface area contributed by atoms with Crippen molar-refractivity contribution in [3.05, 3.63) is 188 Å². The van der Waals surface area contributed by atoms with Gasteiger partial charge in [0.1, 0.15) is 11.2 Å². The fourth-order valence-electron chi connectivity index (χ4n) is 7.49. The van der Waals surface area contributed by atoms with Crippen molar-refractivity contribution in [3.63, 3.8) is 0 Å². The van der Waals surface area contributed by atoms with Gasteiger partial charge in [-0.3, -0.25) is 0 Å². The first-order chi connectivity index (χ1) is 24.7. The van der Waals surface area contributed by atoms with Crippen molar-refractivity contribution in [3.8, 4) is 22.3 Å². The normalized spacial score (nSPS) is 11.6. The van der Waals surface area contributed by atoms with Crippen molar-refractivity contribution in [2.75, 3.05) is 4.90 Å². The number of hydrogen-bond donors (Lipinski definition) is 0. The zero-order valence-corrected chi connectivity index (χ0v) is 27.3. The summed E-state index contributed by atoms with van der Waals surface area (Å²) in [5.41, 5.74) is 10.0. The average molecular weight is 638 g/mol. The van der Waals surface area contributed by atoms with Gasteiger partial charge in [-0.25, -0.2) is 0 Å². The molecule has 0 saturated heterocycles. The minimum Gasteiger partial charge on any atom is -0.456 e. The number of rotatable bonds is 5. The molecule has 0 saturated carbocycles. The van der Waals surface area contributed by atoms with E-state index in [1.165, 1.54) is 54.6 Å². The summed E-state index contributed by atoms with van der Waals surface area (Å²) in [6, 6.07) is 67.7. The van der Waals surface area contributed by atoms with Crippen molar-refractivity contribution in [2.24, 2.45) is 0 Å². The maximum absolute atomic E-state index is 6.22. The van der Waals surface area contributed by atoms with Gasteiger partial charge in [0, 0.05) is 27.8 Å². The summed E-state index contributed by atoms with van der Waals surface area (Å²) in [4.78, 5) is 2.38. The predicted octanol–water partition coefficient (Wildman–Crippen LogP) is 13.8. The lowest BCUT2D eigenvalue weighted by Gasteiger charge is -2.27. The Morgan fingerprint density at radius 2 is 0.780 bits per heavy atom. The highest BCUT2D eigenvalue weighted by atomic mass is 16.3. The van der Waals surface area contributed by atoms with Crippen molar-refractivity contribution < 1.29 is 4.42 Å².